The van der Waals surface area contributed by atoms with E-state index in [0.717, 1.165) is 38.3 Å². The van der Waals surface area contributed by atoms with Gasteiger partial charge in [0.05, 0.1) is 13.2 Å². The summed E-state index contributed by atoms with van der Waals surface area (Å²) >= 11 is 0. The SMILES string of the molecule is CCCCCCCCOc1nc(C(F)(F)F)ncc1C(=O)OCC. The van der Waals surface area contributed by atoms with Crippen molar-refractivity contribution in [2.45, 2.75) is 58.5 Å². The van der Waals surface area contributed by atoms with E-state index >= 15 is 0 Å². The molecule has 0 radical (unpaired) electrons. The van der Waals surface area contributed by atoms with Crippen molar-refractivity contribution in [1.29, 1.82) is 0 Å². The zero-order valence-corrected chi connectivity index (χ0v) is 14.0. The van der Waals surface area contributed by atoms with Crippen molar-refractivity contribution in [3.8, 4) is 5.88 Å². The number of nitrogens with zero attached hydrogens (tertiary/aromatic N) is 2. The number of carbonyl (C=O) groups is 1. The molecule has 0 amide bonds. The molecule has 1 aromatic heterocycles. The number of ether oxygens (including phenoxy) is 2. The zero-order chi connectivity index (χ0) is 18.0. The largest absolute Gasteiger partial charge is 0.477 e. The molecular weight excluding hydrogens is 325 g/mol. The molecular formula is C16H23F3N2O3. The first kappa shape index (κ1) is 20.2. The Morgan fingerprint density at radius 1 is 1.12 bits per heavy atom. The highest BCUT2D eigenvalue weighted by atomic mass is 19.4. The second-order valence-corrected chi connectivity index (χ2v) is 5.25. The van der Waals surface area contributed by atoms with Crippen LogP contribution in [0.15, 0.2) is 6.20 Å². The summed E-state index contributed by atoms with van der Waals surface area (Å²) in [5.74, 6) is -2.53. The first-order valence-electron chi connectivity index (χ1n) is 8.14. The molecule has 0 spiro atoms. The van der Waals surface area contributed by atoms with Gasteiger partial charge in [-0.2, -0.15) is 18.2 Å². The Balaban J connectivity index is 2.71. The Bertz CT molecular complexity index is 522. The molecule has 0 unspecified atom stereocenters. The molecule has 0 saturated heterocycles. The van der Waals surface area contributed by atoms with Gasteiger partial charge in [-0.05, 0) is 13.3 Å². The maximum Gasteiger partial charge on any atom is 0.451 e. The molecule has 136 valence electrons. The van der Waals surface area contributed by atoms with Crippen molar-refractivity contribution in [1.82, 2.24) is 9.97 Å². The van der Waals surface area contributed by atoms with Crippen LogP contribution in [0.2, 0.25) is 0 Å². The van der Waals surface area contributed by atoms with Crippen LogP contribution in [0.3, 0.4) is 0 Å². The summed E-state index contributed by atoms with van der Waals surface area (Å²) in [5, 5.41) is 0. The van der Waals surface area contributed by atoms with Crippen LogP contribution in [0.4, 0.5) is 13.2 Å². The van der Waals surface area contributed by atoms with Crippen molar-refractivity contribution < 1.29 is 27.4 Å². The lowest BCUT2D eigenvalue weighted by molar-refractivity contribution is -0.145. The molecule has 0 N–H and O–H groups in total. The molecule has 8 heteroatoms. The highest BCUT2D eigenvalue weighted by molar-refractivity contribution is 5.91. The standard InChI is InChI=1S/C16H23F3N2O3/c1-3-5-6-7-8-9-10-24-13-12(14(22)23-4-2)11-20-15(21-13)16(17,18)19/h11H,3-10H2,1-2H3. The minimum Gasteiger partial charge on any atom is -0.477 e. The van der Waals surface area contributed by atoms with Gasteiger partial charge in [-0.1, -0.05) is 39.0 Å². The second kappa shape index (κ2) is 10.1. The summed E-state index contributed by atoms with van der Waals surface area (Å²) in [7, 11) is 0. The second-order valence-electron chi connectivity index (χ2n) is 5.25. The highest BCUT2D eigenvalue weighted by Crippen LogP contribution is 2.28. The average molecular weight is 348 g/mol. The third kappa shape index (κ3) is 6.72. The van der Waals surface area contributed by atoms with Gasteiger partial charge < -0.3 is 9.47 Å². The highest BCUT2D eigenvalue weighted by Gasteiger charge is 2.36. The summed E-state index contributed by atoms with van der Waals surface area (Å²) in [4.78, 5) is 18.3. The first-order valence-corrected chi connectivity index (χ1v) is 8.14. The number of unbranched alkanes of at least 4 members (excludes halogenated alkanes) is 5. The third-order valence-electron chi connectivity index (χ3n) is 3.24. The summed E-state index contributed by atoms with van der Waals surface area (Å²) in [6.45, 7) is 4.00. The summed E-state index contributed by atoms with van der Waals surface area (Å²) < 4.78 is 48.2. The average Bonchev–Trinajstić information content (AvgIpc) is 2.53. The van der Waals surface area contributed by atoms with Crippen molar-refractivity contribution in [2.24, 2.45) is 0 Å². The quantitative estimate of drug-likeness (QED) is 0.463. The predicted octanol–water partition coefficient (Wildman–Crippen LogP) is 4.41. The molecule has 24 heavy (non-hydrogen) atoms. The maximum atomic E-state index is 12.7. The lowest BCUT2D eigenvalue weighted by Gasteiger charge is -2.12. The van der Waals surface area contributed by atoms with Gasteiger partial charge >= 0.3 is 12.1 Å². The molecule has 1 heterocycles. The Hall–Kier alpha value is -1.86. The number of hydrogen-bond donors (Lipinski definition) is 0. The van der Waals surface area contributed by atoms with E-state index in [4.69, 9.17) is 9.47 Å². The van der Waals surface area contributed by atoms with Gasteiger partial charge in [-0.15, -0.1) is 0 Å². The van der Waals surface area contributed by atoms with Crippen molar-refractivity contribution in [3.05, 3.63) is 17.6 Å². The van der Waals surface area contributed by atoms with Crippen molar-refractivity contribution >= 4 is 5.97 Å². The van der Waals surface area contributed by atoms with Crippen LogP contribution >= 0.6 is 0 Å². The van der Waals surface area contributed by atoms with Crippen LogP contribution in [0, 0.1) is 0 Å². The molecule has 0 saturated carbocycles. The monoisotopic (exact) mass is 348 g/mol. The van der Waals surface area contributed by atoms with E-state index < -0.39 is 18.0 Å². The van der Waals surface area contributed by atoms with E-state index in [9.17, 15) is 18.0 Å². The van der Waals surface area contributed by atoms with E-state index in [0.29, 0.717) is 6.42 Å². The summed E-state index contributed by atoms with van der Waals surface area (Å²) in [6.07, 6.45) is 2.14. The first-order chi connectivity index (χ1) is 11.4. The van der Waals surface area contributed by atoms with Crippen molar-refractivity contribution in [2.75, 3.05) is 13.2 Å². The number of rotatable bonds is 10. The van der Waals surface area contributed by atoms with Gasteiger partial charge in [0.1, 0.15) is 5.56 Å². The molecule has 0 atom stereocenters. The van der Waals surface area contributed by atoms with Crippen LogP contribution in [-0.2, 0) is 10.9 Å². The van der Waals surface area contributed by atoms with Crippen LogP contribution < -0.4 is 4.74 Å². The fourth-order valence-electron chi connectivity index (χ4n) is 2.01. The Kier molecular flexibility index (Phi) is 8.49. The van der Waals surface area contributed by atoms with Crippen LogP contribution in [0.5, 0.6) is 5.88 Å². The van der Waals surface area contributed by atoms with E-state index in [1.54, 1.807) is 6.92 Å². The number of halogens is 3. The van der Waals surface area contributed by atoms with Crippen LogP contribution in [0.1, 0.15) is 68.6 Å². The normalized spacial score (nSPS) is 11.4. The number of carbonyl (C=O) groups excluding carboxylic acids is 1. The minimum absolute atomic E-state index is 0.0940. The lowest BCUT2D eigenvalue weighted by atomic mass is 10.1. The molecule has 0 aliphatic rings. The van der Waals surface area contributed by atoms with Gasteiger partial charge in [0.25, 0.3) is 0 Å². The topological polar surface area (TPSA) is 61.3 Å². The molecule has 5 nitrogen and oxygen atoms in total. The van der Waals surface area contributed by atoms with Crippen molar-refractivity contribution in [3.63, 3.8) is 0 Å². The Morgan fingerprint density at radius 3 is 2.42 bits per heavy atom. The molecule has 0 aliphatic heterocycles. The Morgan fingerprint density at radius 2 is 1.79 bits per heavy atom. The van der Waals surface area contributed by atoms with E-state index in [2.05, 4.69) is 16.9 Å². The number of aromatic nitrogens is 2. The zero-order valence-electron chi connectivity index (χ0n) is 14.0. The van der Waals surface area contributed by atoms with E-state index in [1.807, 2.05) is 0 Å². The fourth-order valence-corrected chi connectivity index (χ4v) is 2.01. The van der Waals surface area contributed by atoms with Crippen LogP contribution in [0.25, 0.3) is 0 Å². The number of alkyl halides is 3. The number of hydrogen-bond acceptors (Lipinski definition) is 5. The van der Waals surface area contributed by atoms with Gasteiger partial charge in [0.15, 0.2) is 0 Å². The summed E-state index contributed by atoms with van der Waals surface area (Å²) in [6, 6.07) is 0. The van der Waals surface area contributed by atoms with Gasteiger partial charge in [0, 0.05) is 6.20 Å². The van der Waals surface area contributed by atoms with E-state index in [1.165, 1.54) is 0 Å². The summed E-state index contributed by atoms with van der Waals surface area (Å²) in [5.41, 5.74) is -0.198. The van der Waals surface area contributed by atoms with Crippen LogP contribution in [-0.4, -0.2) is 29.2 Å². The molecule has 0 aliphatic carbocycles. The molecule has 1 aromatic rings. The third-order valence-corrected chi connectivity index (χ3v) is 3.24. The number of esters is 1. The van der Waals surface area contributed by atoms with Gasteiger partial charge in [0.2, 0.25) is 11.7 Å². The van der Waals surface area contributed by atoms with E-state index in [-0.39, 0.29) is 24.7 Å². The lowest BCUT2D eigenvalue weighted by Crippen LogP contribution is -2.16. The minimum atomic E-state index is -4.70. The van der Waals surface area contributed by atoms with Gasteiger partial charge in [-0.25, -0.2) is 9.78 Å². The fraction of sp³-hybridized carbons (Fsp3) is 0.688. The predicted molar refractivity (Wildman–Crippen MR) is 81.9 cm³/mol. The molecule has 1 rings (SSSR count). The smallest absolute Gasteiger partial charge is 0.451 e. The Labute approximate surface area is 139 Å². The molecule has 0 aromatic carbocycles. The maximum absolute atomic E-state index is 12.7. The molecule has 0 fully saturated rings. The molecule has 0 bridgehead atoms. The van der Waals surface area contributed by atoms with Gasteiger partial charge in [-0.3, -0.25) is 0 Å².